The summed E-state index contributed by atoms with van der Waals surface area (Å²) < 4.78 is 41.4. The van der Waals surface area contributed by atoms with E-state index in [1.165, 1.54) is 30.7 Å². The van der Waals surface area contributed by atoms with Crippen LogP contribution in [0.5, 0.6) is 0 Å². The molecule has 0 spiro atoms. The molecular weight excluding hydrogens is 385 g/mol. The molecule has 3 heterocycles. The van der Waals surface area contributed by atoms with Crippen molar-refractivity contribution in [1.82, 2.24) is 20.2 Å². The van der Waals surface area contributed by atoms with Gasteiger partial charge >= 0.3 is 6.18 Å². The van der Waals surface area contributed by atoms with Crippen molar-refractivity contribution in [3.63, 3.8) is 0 Å². The summed E-state index contributed by atoms with van der Waals surface area (Å²) in [4.78, 5) is 20.0. The lowest BCUT2D eigenvalue weighted by molar-refractivity contribution is -0.137. The van der Waals surface area contributed by atoms with Crippen molar-refractivity contribution in [2.24, 2.45) is 5.73 Å². The normalized spacial score (nSPS) is 11.7. The van der Waals surface area contributed by atoms with Crippen LogP contribution in [0.4, 0.5) is 18.9 Å². The lowest BCUT2D eigenvalue weighted by atomic mass is 9.93. The Kier molecular flexibility index (Phi) is 4.18. The topological polar surface area (TPSA) is 124 Å². The van der Waals surface area contributed by atoms with Crippen molar-refractivity contribution in [3.8, 4) is 22.4 Å². The third kappa shape index (κ3) is 3.14. The Bertz CT molecular complexity index is 1230. The summed E-state index contributed by atoms with van der Waals surface area (Å²) in [5.74, 6) is -0.956. The quantitative estimate of drug-likeness (QED) is 0.488. The van der Waals surface area contributed by atoms with Crippen LogP contribution in [0, 0.1) is 0 Å². The van der Waals surface area contributed by atoms with Crippen LogP contribution in [0.25, 0.3) is 33.3 Å². The molecule has 1 aromatic carbocycles. The molecule has 0 saturated carbocycles. The van der Waals surface area contributed by atoms with Crippen LogP contribution in [0.1, 0.15) is 16.1 Å². The number of anilines is 1. The second-order valence-electron chi connectivity index (χ2n) is 6.24. The third-order valence-corrected chi connectivity index (χ3v) is 4.45. The summed E-state index contributed by atoms with van der Waals surface area (Å²) >= 11 is 0. The highest BCUT2D eigenvalue weighted by Crippen LogP contribution is 2.44. The fraction of sp³-hybridized carbons (Fsp3) is 0.0526. The number of halogens is 3. The van der Waals surface area contributed by atoms with Gasteiger partial charge in [-0.2, -0.15) is 18.3 Å². The van der Waals surface area contributed by atoms with Gasteiger partial charge in [0.05, 0.1) is 28.7 Å². The average molecular weight is 398 g/mol. The van der Waals surface area contributed by atoms with E-state index in [1.54, 1.807) is 12.1 Å². The van der Waals surface area contributed by atoms with E-state index in [0.717, 1.165) is 6.07 Å². The number of aromatic amines is 1. The van der Waals surface area contributed by atoms with Gasteiger partial charge in [-0.1, -0.05) is 0 Å². The second kappa shape index (κ2) is 6.59. The molecule has 0 bridgehead atoms. The number of alkyl halides is 3. The molecule has 3 aromatic heterocycles. The van der Waals surface area contributed by atoms with Crippen molar-refractivity contribution in [3.05, 3.63) is 60.2 Å². The van der Waals surface area contributed by atoms with Crippen LogP contribution < -0.4 is 11.5 Å². The van der Waals surface area contributed by atoms with E-state index < -0.39 is 17.6 Å². The molecule has 10 heteroatoms. The van der Waals surface area contributed by atoms with Crippen molar-refractivity contribution >= 4 is 22.5 Å². The molecule has 1 amide bonds. The van der Waals surface area contributed by atoms with E-state index in [2.05, 4.69) is 20.2 Å². The molecule has 7 nitrogen and oxygen atoms in total. The lowest BCUT2D eigenvalue weighted by Gasteiger charge is -2.17. The molecule has 0 radical (unpaired) electrons. The third-order valence-electron chi connectivity index (χ3n) is 4.45. The zero-order chi connectivity index (χ0) is 20.8. The highest BCUT2D eigenvalue weighted by Gasteiger charge is 2.36. The number of nitrogen functional groups attached to an aromatic ring is 1. The fourth-order valence-electron chi connectivity index (χ4n) is 3.16. The Labute approximate surface area is 161 Å². The van der Waals surface area contributed by atoms with Gasteiger partial charge in [0.1, 0.15) is 0 Å². The fourth-order valence-corrected chi connectivity index (χ4v) is 3.16. The van der Waals surface area contributed by atoms with Gasteiger partial charge in [-0.15, -0.1) is 0 Å². The molecule has 0 unspecified atom stereocenters. The Morgan fingerprint density at radius 3 is 2.59 bits per heavy atom. The van der Waals surface area contributed by atoms with E-state index in [4.69, 9.17) is 11.5 Å². The van der Waals surface area contributed by atoms with Crippen LogP contribution >= 0.6 is 0 Å². The molecule has 0 aliphatic rings. The minimum Gasteiger partial charge on any atom is -0.396 e. The number of aromatic nitrogens is 4. The van der Waals surface area contributed by atoms with E-state index in [9.17, 15) is 18.0 Å². The molecule has 29 heavy (non-hydrogen) atoms. The minimum absolute atomic E-state index is 0.0213. The van der Waals surface area contributed by atoms with Crippen LogP contribution in [-0.2, 0) is 6.18 Å². The smallest absolute Gasteiger partial charge is 0.396 e. The molecule has 5 N–H and O–H groups in total. The van der Waals surface area contributed by atoms with E-state index in [0.29, 0.717) is 11.1 Å². The minimum atomic E-state index is -4.67. The summed E-state index contributed by atoms with van der Waals surface area (Å²) in [6.07, 6.45) is -0.397. The average Bonchev–Trinajstić information content (AvgIpc) is 3.16. The lowest BCUT2D eigenvalue weighted by Crippen LogP contribution is -2.17. The van der Waals surface area contributed by atoms with E-state index in [-0.39, 0.29) is 33.6 Å². The number of carbonyl (C=O) groups is 1. The molecule has 4 aromatic rings. The standard InChI is InChI=1S/C19H13F3N6O/c20-19(21,22)12-3-4-13-11(8-26-28-13)15(12)10-6-14(9-2-1-5-25-7-9)27-17(16(10)23)18(24)29/h1-8H,23H2,(H2,24,29)(H,26,28). The Balaban J connectivity index is 2.12. The molecule has 0 atom stereocenters. The predicted molar refractivity (Wildman–Crippen MR) is 100 cm³/mol. The number of nitrogens with zero attached hydrogens (tertiary/aromatic N) is 3. The Hall–Kier alpha value is -3.95. The van der Waals surface area contributed by atoms with Gasteiger partial charge in [0, 0.05) is 34.5 Å². The maximum atomic E-state index is 13.8. The first kappa shape index (κ1) is 18.4. The molecule has 0 aliphatic heterocycles. The number of pyridine rings is 2. The molecule has 0 fully saturated rings. The van der Waals surface area contributed by atoms with E-state index >= 15 is 0 Å². The van der Waals surface area contributed by atoms with Crippen molar-refractivity contribution in [2.75, 3.05) is 5.73 Å². The molecule has 146 valence electrons. The molecule has 4 rings (SSSR count). The molecule has 0 saturated heterocycles. The van der Waals surface area contributed by atoms with Gasteiger partial charge in [-0.3, -0.25) is 14.9 Å². The number of H-pyrrole nitrogens is 1. The summed E-state index contributed by atoms with van der Waals surface area (Å²) in [5, 5.41) is 6.66. The zero-order valence-corrected chi connectivity index (χ0v) is 14.7. The van der Waals surface area contributed by atoms with Crippen LogP contribution in [0.2, 0.25) is 0 Å². The SMILES string of the molecule is NC(=O)c1nc(-c2cccnc2)cc(-c2c(C(F)(F)F)ccc3[nH]ncc23)c1N. The van der Waals surface area contributed by atoms with Crippen LogP contribution in [0.3, 0.4) is 0 Å². The number of hydrogen-bond donors (Lipinski definition) is 3. The zero-order valence-electron chi connectivity index (χ0n) is 14.7. The van der Waals surface area contributed by atoms with E-state index in [1.807, 2.05) is 0 Å². The Morgan fingerprint density at radius 2 is 1.93 bits per heavy atom. The first-order valence-corrected chi connectivity index (χ1v) is 8.31. The monoisotopic (exact) mass is 398 g/mol. The van der Waals surface area contributed by atoms with Gasteiger partial charge in [0.15, 0.2) is 5.69 Å². The van der Waals surface area contributed by atoms with Crippen molar-refractivity contribution in [2.45, 2.75) is 6.18 Å². The number of nitrogens with two attached hydrogens (primary N) is 2. The molecule has 0 aliphatic carbocycles. The maximum Gasteiger partial charge on any atom is 0.417 e. The largest absolute Gasteiger partial charge is 0.417 e. The van der Waals surface area contributed by atoms with Gasteiger partial charge in [-0.25, -0.2) is 4.98 Å². The molecular formula is C19H13F3N6O. The van der Waals surface area contributed by atoms with Crippen molar-refractivity contribution < 1.29 is 18.0 Å². The first-order valence-electron chi connectivity index (χ1n) is 8.31. The van der Waals surface area contributed by atoms with Crippen LogP contribution in [-0.4, -0.2) is 26.1 Å². The summed E-state index contributed by atoms with van der Waals surface area (Å²) in [5.41, 5.74) is 10.8. The number of benzene rings is 1. The number of amides is 1. The van der Waals surface area contributed by atoms with Gasteiger partial charge in [0.2, 0.25) is 0 Å². The predicted octanol–water partition coefficient (Wildman–Crippen LogP) is 3.39. The number of fused-ring (bicyclic) bond motifs is 1. The maximum absolute atomic E-state index is 13.8. The van der Waals surface area contributed by atoms with Gasteiger partial charge in [0.25, 0.3) is 5.91 Å². The number of carbonyl (C=O) groups excluding carboxylic acids is 1. The highest BCUT2D eigenvalue weighted by molar-refractivity contribution is 6.05. The summed E-state index contributed by atoms with van der Waals surface area (Å²) in [6, 6.07) is 6.89. The Morgan fingerprint density at radius 1 is 1.14 bits per heavy atom. The van der Waals surface area contributed by atoms with Gasteiger partial charge in [-0.05, 0) is 30.3 Å². The highest BCUT2D eigenvalue weighted by atomic mass is 19.4. The number of hydrogen-bond acceptors (Lipinski definition) is 5. The second-order valence-corrected chi connectivity index (χ2v) is 6.24. The van der Waals surface area contributed by atoms with Gasteiger partial charge < -0.3 is 11.5 Å². The van der Waals surface area contributed by atoms with Crippen LogP contribution in [0.15, 0.2) is 48.9 Å². The number of rotatable bonds is 3. The number of nitrogens with one attached hydrogen (secondary N) is 1. The van der Waals surface area contributed by atoms with Crippen molar-refractivity contribution in [1.29, 1.82) is 0 Å². The summed E-state index contributed by atoms with van der Waals surface area (Å²) in [6.45, 7) is 0. The first-order chi connectivity index (χ1) is 13.8. The number of primary amides is 1. The summed E-state index contributed by atoms with van der Waals surface area (Å²) in [7, 11) is 0.